The van der Waals surface area contributed by atoms with Gasteiger partial charge in [-0.3, -0.25) is 4.40 Å². The van der Waals surface area contributed by atoms with Gasteiger partial charge < -0.3 is 10.0 Å². The van der Waals surface area contributed by atoms with Crippen molar-refractivity contribution in [1.82, 2.24) is 19.3 Å². The van der Waals surface area contributed by atoms with Crippen molar-refractivity contribution < 1.29 is 9.90 Å². The van der Waals surface area contributed by atoms with Crippen LogP contribution in [0.1, 0.15) is 18.7 Å². The van der Waals surface area contributed by atoms with Crippen LogP contribution >= 0.6 is 11.6 Å². The predicted octanol–water partition coefficient (Wildman–Crippen LogP) is 2.07. The van der Waals surface area contributed by atoms with E-state index < -0.39 is 6.09 Å². The van der Waals surface area contributed by atoms with Gasteiger partial charge in [-0.1, -0.05) is 11.6 Å². The molecule has 2 aromatic rings. The Kier molecular flexibility index (Phi) is 3.02. The van der Waals surface area contributed by atoms with Crippen LogP contribution in [0.2, 0.25) is 5.15 Å². The van der Waals surface area contributed by atoms with Crippen LogP contribution < -0.4 is 0 Å². The van der Waals surface area contributed by atoms with Gasteiger partial charge in [0.15, 0.2) is 5.15 Å². The summed E-state index contributed by atoms with van der Waals surface area (Å²) in [6.07, 6.45) is 6.60. The van der Waals surface area contributed by atoms with E-state index in [1.54, 1.807) is 18.6 Å². The summed E-state index contributed by atoms with van der Waals surface area (Å²) in [5, 5.41) is 9.54. The lowest BCUT2D eigenvalue weighted by atomic mass is 10.1. The van der Waals surface area contributed by atoms with Crippen molar-refractivity contribution in [1.29, 1.82) is 0 Å². The van der Waals surface area contributed by atoms with Crippen molar-refractivity contribution >= 4 is 23.2 Å². The minimum atomic E-state index is -0.858. The number of imidazole rings is 1. The number of carbonyl (C=O) groups is 1. The average Bonchev–Trinajstić information content (AvgIpc) is 2.98. The zero-order valence-corrected chi connectivity index (χ0v) is 10.9. The Morgan fingerprint density at radius 3 is 3.16 bits per heavy atom. The number of aromatic nitrogens is 3. The Hall–Kier alpha value is -1.82. The van der Waals surface area contributed by atoms with Gasteiger partial charge in [-0.2, -0.15) is 0 Å². The van der Waals surface area contributed by atoms with E-state index in [0.717, 1.165) is 24.2 Å². The molecule has 0 radical (unpaired) electrons. The van der Waals surface area contributed by atoms with E-state index in [4.69, 9.17) is 16.7 Å². The lowest BCUT2D eigenvalue weighted by Crippen LogP contribution is -2.35. The summed E-state index contributed by atoms with van der Waals surface area (Å²) in [5.41, 5.74) is 0.749. The Morgan fingerprint density at radius 2 is 2.37 bits per heavy atom. The lowest BCUT2D eigenvalue weighted by Gasteiger charge is -2.20. The molecule has 3 rings (SSSR count). The van der Waals surface area contributed by atoms with Gasteiger partial charge in [0.1, 0.15) is 11.3 Å². The number of halogens is 1. The number of hydrogen-bond acceptors (Lipinski definition) is 3. The van der Waals surface area contributed by atoms with Crippen LogP contribution in [0.5, 0.6) is 0 Å². The normalized spacial score (nSPS) is 19.2. The monoisotopic (exact) mass is 280 g/mol. The van der Waals surface area contributed by atoms with Gasteiger partial charge in [-0.15, -0.1) is 0 Å². The molecule has 1 saturated heterocycles. The fourth-order valence-electron chi connectivity index (χ4n) is 2.61. The van der Waals surface area contributed by atoms with Crippen LogP contribution in [0.25, 0.3) is 5.52 Å². The van der Waals surface area contributed by atoms with Crippen LogP contribution in [-0.4, -0.2) is 43.1 Å². The van der Waals surface area contributed by atoms with Crippen molar-refractivity contribution in [3.05, 3.63) is 29.6 Å². The molecule has 3 heterocycles. The first-order valence-corrected chi connectivity index (χ1v) is 6.50. The zero-order chi connectivity index (χ0) is 13.4. The van der Waals surface area contributed by atoms with Crippen molar-refractivity contribution in [2.75, 3.05) is 6.54 Å². The van der Waals surface area contributed by atoms with Crippen molar-refractivity contribution in [3.63, 3.8) is 0 Å². The minimum Gasteiger partial charge on any atom is -0.465 e. The molecule has 0 aliphatic carbocycles. The third-order valence-corrected chi connectivity index (χ3v) is 3.82. The number of amides is 1. The quantitative estimate of drug-likeness (QED) is 0.914. The van der Waals surface area contributed by atoms with Crippen molar-refractivity contribution in [2.45, 2.75) is 25.3 Å². The van der Waals surface area contributed by atoms with Crippen LogP contribution in [0.15, 0.2) is 18.6 Å². The van der Waals surface area contributed by atoms with Crippen LogP contribution in [-0.2, 0) is 6.42 Å². The number of hydrogen-bond donors (Lipinski definition) is 1. The summed E-state index contributed by atoms with van der Waals surface area (Å²) in [7, 11) is 0. The molecule has 1 unspecified atom stereocenters. The van der Waals surface area contributed by atoms with Crippen molar-refractivity contribution in [3.8, 4) is 0 Å². The van der Waals surface area contributed by atoms with E-state index in [-0.39, 0.29) is 6.04 Å². The number of carboxylic acid groups (broad SMARTS) is 1. The van der Waals surface area contributed by atoms with Crippen LogP contribution in [0.3, 0.4) is 0 Å². The lowest BCUT2D eigenvalue weighted by molar-refractivity contribution is 0.139. The number of likely N-dealkylation sites (tertiary alicyclic amines) is 1. The zero-order valence-electron chi connectivity index (χ0n) is 10.2. The Labute approximate surface area is 114 Å². The van der Waals surface area contributed by atoms with Gasteiger partial charge in [-0.25, -0.2) is 14.8 Å². The molecule has 1 amide bonds. The maximum absolute atomic E-state index is 11.1. The molecular formula is C12H13ClN4O2. The molecule has 0 bridgehead atoms. The molecular weight excluding hydrogens is 268 g/mol. The summed E-state index contributed by atoms with van der Waals surface area (Å²) in [5.74, 6) is 0.817. The number of rotatable bonds is 2. The Balaban J connectivity index is 1.89. The Morgan fingerprint density at radius 1 is 1.53 bits per heavy atom. The van der Waals surface area contributed by atoms with Gasteiger partial charge in [0.2, 0.25) is 0 Å². The predicted molar refractivity (Wildman–Crippen MR) is 69.5 cm³/mol. The van der Waals surface area contributed by atoms with Crippen LogP contribution in [0.4, 0.5) is 4.79 Å². The van der Waals surface area contributed by atoms with Gasteiger partial charge >= 0.3 is 6.09 Å². The molecule has 1 atom stereocenters. The molecule has 6 nitrogen and oxygen atoms in total. The highest BCUT2D eigenvalue weighted by Crippen LogP contribution is 2.22. The highest BCUT2D eigenvalue weighted by atomic mass is 35.5. The molecule has 1 fully saturated rings. The van der Waals surface area contributed by atoms with Gasteiger partial charge in [0, 0.05) is 31.4 Å². The minimum absolute atomic E-state index is 0.00459. The first kappa shape index (κ1) is 12.2. The maximum Gasteiger partial charge on any atom is 0.407 e. The Bertz CT molecular complexity index is 627. The molecule has 1 aliphatic heterocycles. The highest BCUT2D eigenvalue weighted by molar-refractivity contribution is 6.32. The first-order chi connectivity index (χ1) is 9.16. The molecule has 1 N–H and O–H groups in total. The summed E-state index contributed by atoms with van der Waals surface area (Å²) in [6.45, 7) is 0.603. The average molecular weight is 281 g/mol. The standard InChI is InChI=1S/C12H13ClN4O2/c13-11-9-7-15-10(17(9)5-3-14-11)6-8-2-1-4-16(8)12(18)19/h3,5,7-8H,1-2,4,6H2,(H,18,19). The topological polar surface area (TPSA) is 70.7 Å². The van der Waals surface area contributed by atoms with Crippen LogP contribution in [0, 0.1) is 0 Å². The molecule has 100 valence electrons. The molecule has 2 aromatic heterocycles. The molecule has 0 aromatic carbocycles. The van der Waals surface area contributed by atoms with Gasteiger partial charge in [0.05, 0.1) is 6.20 Å². The summed E-state index contributed by atoms with van der Waals surface area (Å²) in [4.78, 5) is 20.9. The fraction of sp³-hybridized carbons (Fsp3) is 0.417. The van der Waals surface area contributed by atoms with Crippen molar-refractivity contribution in [2.24, 2.45) is 0 Å². The summed E-state index contributed by atoms with van der Waals surface area (Å²) < 4.78 is 1.87. The maximum atomic E-state index is 11.1. The second-order valence-electron chi connectivity index (χ2n) is 4.62. The first-order valence-electron chi connectivity index (χ1n) is 6.13. The third-order valence-electron chi connectivity index (χ3n) is 3.53. The molecule has 1 aliphatic rings. The highest BCUT2D eigenvalue weighted by Gasteiger charge is 2.29. The molecule has 0 saturated carbocycles. The third kappa shape index (κ3) is 2.12. The molecule has 7 heteroatoms. The number of fused-ring (bicyclic) bond motifs is 1. The van der Waals surface area contributed by atoms with E-state index in [1.807, 2.05) is 4.40 Å². The summed E-state index contributed by atoms with van der Waals surface area (Å²) in [6, 6.07) is -0.00459. The van der Waals surface area contributed by atoms with Gasteiger partial charge in [0.25, 0.3) is 0 Å². The molecule has 0 spiro atoms. The SMILES string of the molecule is O=C(O)N1CCCC1Cc1ncc2c(Cl)nccn12. The van der Waals surface area contributed by atoms with E-state index >= 15 is 0 Å². The second kappa shape index (κ2) is 4.70. The van der Waals surface area contributed by atoms with Gasteiger partial charge in [-0.05, 0) is 12.8 Å². The largest absolute Gasteiger partial charge is 0.465 e. The molecule has 19 heavy (non-hydrogen) atoms. The smallest absolute Gasteiger partial charge is 0.407 e. The summed E-state index contributed by atoms with van der Waals surface area (Å²) >= 11 is 5.99. The van der Waals surface area contributed by atoms with E-state index in [0.29, 0.717) is 18.1 Å². The van der Waals surface area contributed by atoms with E-state index in [9.17, 15) is 4.79 Å². The van der Waals surface area contributed by atoms with E-state index in [2.05, 4.69) is 9.97 Å². The van der Waals surface area contributed by atoms with E-state index in [1.165, 1.54) is 4.90 Å². The number of nitrogens with zero attached hydrogens (tertiary/aromatic N) is 4. The fourth-order valence-corrected chi connectivity index (χ4v) is 2.81. The second-order valence-corrected chi connectivity index (χ2v) is 4.98.